The van der Waals surface area contributed by atoms with Crippen LogP contribution in [0, 0.1) is 12.8 Å². The lowest BCUT2D eigenvalue weighted by atomic mass is 10.00. The molecular formula is C26H32N2O3S. The summed E-state index contributed by atoms with van der Waals surface area (Å²) in [5, 5.41) is 2.09. The van der Waals surface area contributed by atoms with Gasteiger partial charge in [0.15, 0.2) is 0 Å². The zero-order valence-electron chi connectivity index (χ0n) is 18.8. The molecule has 4 rings (SSSR count). The second-order valence-corrected chi connectivity index (χ2v) is 9.77. The van der Waals surface area contributed by atoms with E-state index >= 15 is 0 Å². The topological polar surface area (TPSA) is 49.9 Å². The third-order valence-corrected chi connectivity index (χ3v) is 7.53. The number of ether oxygens (including phenoxy) is 1. The molecule has 1 aromatic carbocycles. The van der Waals surface area contributed by atoms with Crippen molar-refractivity contribution >= 4 is 23.2 Å². The lowest BCUT2D eigenvalue weighted by molar-refractivity contribution is -0.144. The normalized spacial score (nSPS) is 18.3. The summed E-state index contributed by atoms with van der Waals surface area (Å²) in [6.45, 7) is 7.40. The van der Waals surface area contributed by atoms with Crippen LogP contribution in [0.15, 0.2) is 48.4 Å². The number of aryl methyl sites for hydroxylation is 1. The van der Waals surface area contributed by atoms with Crippen LogP contribution >= 0.6 is 11.3 Å². The molecule has 1 fully saturated rings. The molecule has 5 nitrogen and oxygen atoms in total. The Bertz CT molecular complexity index is 946. The number of carbonyl (C=O) groups is 2. The molecule has 0 radical (unpaired) electrons. The van der Waals surface area contributed by atoms with Crippen LogP contribution in [0.5, 0.6) is 5.75 Å². The molecule has 0 saturated heterocycles. The Morgan fingerprint density at radius 2 is 1.97 bits per heavy atom. The van der Waals surface area contributed by atoms with E-state index in [4.69, 9.17) is 4.74 Å². The second-order valence-electron chi connectivity index (χ2n) is 8.76. The Labute approximate surface area is 194 Å². The van der Waals surface area contributed by atoms with Crippen molar-refractivity contribution in [3.05, 3.63) is 64.4 Å². The Kier molecular flexibility index (Phi) is 7.30. The summed E-state index contributed by atoms with van der Waals surface area (Å²) < 4.78 is 6.10. The minimum Gasteiger partial charge on any atom is -0.491 e. The molecule has 6 heteroatoms. The number of hydrogen-bond donors (Lipinski definition) is 0. The number of amides is 2. The molecule has 32 heavy (non-hydrogen) atoms. The SMILES string of the molecule is C=CCN(CC(=O)N1CCc2sccc2[C@@H]1COc1ccc(C)cc1)C(=O)C1CCCC1. The Hall–Kier alpha value is -2.60. The van der Waals surface area contributed by atoms with Crippen molar-refractivity contribution in [2.75, 3.05) is 26.2 Å². The number of hydrogen-bond acceptors (Lipinski definition) is 4. The summed E-state index contributed by atoms with van der Waals surface area (Å²) in [4.78, 5) is 31.4. The van der Waals surface area contributed by atoms with Crippen LogP contribution in [0.3, 0.4) is 0 Å². The van der Waals surface area contributed by atoms with Crippen LogP contribution in [0.2, 0.25) is 0 Å². The van der Waals surface area contributed by atoms with Gasteiger partial charge in [0.05, 0.1) is 6.04 Å². The van der Waals surface area contributed by atoms with Crippen LogP contribution in [0.1, 0.15) is 47.7 Å². The van der Waals surface area contributed by atoms with E-state index in [2.05, 4.69) is 18.0 Å². The molecule has 1 aliphatic heterocycles. The summed E-state index contributed by atoms with van der Waals surface area (Å²) in [7, 11) is 0. The maximum atomic E-state index is 13.4. The van der Waals surface area contributed by atoms with Crippen LogP contribution < -0.4 is 4.74 Å². The minimum absolute atomic E-state index is 0.0208. The number of fused-ring (bicyclic) bond motifs is 1. The highest BCUT2D eigenvalue weighted by Gasteiger charge is 2.34. The van der Waals surface area contributed by atoms with Crippen LogP contribution in [-0.4, -0.2) is 47.9 Å². The van der Waals surface area contributed by atoms with Gasteiger partial charge in [-0.3, -0.25) is 9.59 Å². The number of benzene rings is 1. The lowest BCUT2D eigenvalue weighted by Gasteiger charge is -2.37. The first-order valence-electron chi connectivity index (χ1n) is 11.5. The molecule has 1 aliphatic carbocycles. The predicted octanol–water partition coefficient (Wildman–Crippen LogP) is 4.77. The average molecular weight is 453 g/mol. The van der Waals surface area contributed by atoms with Crippen molar-refractivity contribution in [2.45, 2.75) is 45.1 Å². The van der Waals surface area contributed by atoms with E-state index in [0.717, 1.165) is 37.9 Å². The fourth-order valence-electron chi connectivity index (χ4n) is 4.76. The summed E-state index contributed by atoms with van der Waals surface area (Å²) in [6, 6.07) is 9.93. The van der Waals surface area contributed by atoms with Gasteiger partial charge in [0.1, 0.15) is 18.9 Å². The van der Waals surface area contributed by atoms with Crippen molar-refractivity contribution in [1.82, 2.24) is 9.80 Å². The van der Waals surface area contributed by atoms with E-state index in [1.165, 1.54) is 16.0 Å². The first-order valence-corrected chi connectivity index (χ1v) is 12.4. The van der Waals surface area contributed by atoms with Crippen LogP contribution in [0.25, 0.3) is 0 Å². The third kappa shape index (κ3) is 5.07. The van der Waals surface area contributed by atoms with Crippen LogP contribution in [-0.2, 0) is 16.0 Å². The molecule has 2 heterocycles. The fraction of sp³-hybridized carbons (Fsp3) is 0.462. The van der Waals surface area contributed by atoms with Crippen LogP contribution in [0.4, 0.5) is 0 Å². The van der Waals surface area contributed by atoms with Gasteiger partial charge in [0, 0.05) is 23.9 Å². The molecule has 2 aromatic rings. The average Bonchev–Trinajstić information content (AvgIpc) is 3.50. The van der Waals surface area contributed by atoms with Crippen molar-refractivity contribution in [2.24, 2.45) is 5.92 Å². The van der Waals surface area contributed by atoms with Gasteiger partial charge in [-0.25, -0.2) is 0 Å². The van der Waals surface area contributed by atoms with E-state index in [9.17, 15) is 9.59 Å². The van der Waals surface area contributed by atoms with Gasteiger partial charge in [-0.15, -0.1) is 17.9 Å². The van der Waals surface area contributed by atoms with Gasteiger partial charge in [0.25, 0.3) is 0 Å². The zero-order chi connectivity index (χ0) is 22.5. The van der Waals surface area contributed by atoms with Crippen molar-refractivity contribution in [1.29, 1.82) is 0 Å². The number of thiophene rings is 1. The molecule has 2 aliphatic rings. The standard InChI is InChI=1S/C26H32N2O3S/c1-3-14-27(26(30)20-6-4-5-7-20)17-25(29)28-15-12-24-22(13-16-32-24)23(28)18-31-21-10-8-19(2)9-11-21/h3,8-11,13,16,20,23H,1,4-7,12,14-15,17-18H2,2H3/t23-/m0/s1. The third-order valence-electron chi connectivity index (χ3n) is 6.54. The van der Waals surface area contributed by atoms with Crippen molar-refractivity contribution < 1.29 is 14.3 Å². The minimum atomic E-state index is -0.147. The maximum absolute atomic E-state index is 13.4. The molecule has 0 bridgehead atoms. The van der Waals surface area contributed by atoms with Gasteiger partial charge in [-0.05, 0) is 55.3 Å². The quantitative estimate of drug-likeness (QED) is 0.542. The van der Waals surface area contributed by atoms with E-state index in [0.29, 0.717) is 19.7 Å². The van der Waals surface area contributed by atoms with E-state index in [1.807, 2.05) is 36.1 Å². The molecular weight excluding hydrogens is 420 g/mol. The summed E-state index contributed by atoms with van der Waals surface area (Å²) in [6.07, 6.45) is 6.60. The molecule has 1 aromatic heterocycles. The highest BCUT2D eigenvalue weighted by Crippen LogP contribution is 2.34. The van der Waals surface area contributed by atoms with Gasteiger partial charge in [0.2, 0.25) is 11.8 Å². The Morgan fingerprint density at radius 1 is 1.22 bits per heavy atom. The van der Waals surface area contributed by atoms with Gasteiger partial charge >= 0.3 is 0 Å². The van der Waals surface area contributed by atoms with E-state index in [-0.39, 0.29) is 30.3 Å². The number of carbonyl (C=O) groups excluding carboxylic acids is 2. The maximum Gasteiger partial charge on any atom is 0.242 e. The Balaban J connectivity index is 1.48. The molecule has 0 N–H and O–H groups in total. The van der Waals surface area contributed by atoms with Crippen molar-refractivity contribution in [3.63, 3.8) is 0 Å². The Morgan fingerprint density at radius 3 is 2.69 bits per heavy atom. The summed E-state index contributed by atoms with van der Waals surface area (Å²) in [5.41, 5.74) is 2.35. The fourth-order valence-corrected chi connectivity index (χ4v) is 5.69. The first kappa shape index (κ1) is 22.6. The molecule has 0 spiro atoms. The van der Waals surface area contributed by atoms with Crippen molar-refractivity contribution in [3.8, 4) is 5.75 Å². The largest absolute Gasteiger partial charge is 0.491 e. The molecule has 170 valence electrons. The predicted molar refractivity (Wildman–Crippen MR) is 128 cm³/mol. The van der Waals surface area contributed by atoms with Gasteiger partial charge in [-0.2, -0.15) is 0 Å². The summed E-state index contributed by atoms with van der Waals surface area (Å²) in [5.74, 6) is 0.923. The lowest BCUT2D eigenvalue weighted by Crippen LogP contribution is -2.48. The highest BCUT2D eigenvalue weighted by molar-refractivity contribution is 7.10. The van der Waals surface area contributed by atoms with E-state index < -0.39 is 0 Å². The van der Waals surface area contributed by atoms with E-state index in [1.54, 1.807) is 22.3 Å². The zero-order valence-corrected chi connectivity index (χ0v) is 19.6. The summed E-state index contributed by atoms with van der Waals surface area (Å²) >= 11 is 1.74. The smallest absolute Gasteiger partial charge is 0.242 e. The highest BCUT2D eigenvalue weighted by atomic mass is 32.1. The molecule has 1 saturated carbocycles. The van der Waals surface area contributed by atoms with Gasteiger partial charge in [-0.1, -0.05) is 36.6 Å². The monoisotopic (exact) mass is 452 g/mol. The van der Waals surface area contributed by atoms with Gasteiger partial charge < -0.3 is 14.5 Å². The number of nitrogens with zero attached hydrogens (tertiary/aromatic N) is 2. The first-order chi connectivity index (χ1) is 15.6. The molecule has 1 atom stereocenters. The molecule has 0 unspecified atom stereocenters. The second kappa shape index (κ2) is 10.3. The number of rotatable bonds is 8. The molecule has 2 amide bonds.